The van der Waals surface area contributed by atoms with E-state index in [1.807, 2.05) is 5.53 Å². The second-order valence-corrected chi connectivity index (χ2v) is 11.3. The maximum Gasteiger partial charge on any atom is 0.240 e. The summed E-state index contributed by atoms with van der Waals surface area (Å²) in [5.74, 6) is 4.03. The summed E-state index contributed by atoms with van der Waals surface area (Å²) >= 11 is 1.16. The van der Waals surface area contributed by atoms with Gasteiger partial charge in [0.05, 0.1) is 20.9 Å². The molecule has 0 radical (unpaired) electrons. The first kappa shape index (κ1) is 24.5. The highest BCUT2D eigenvalue weighted by atomic mass is 32.2. The zero-order chi connectivity index (χ0) is 24.6. The summed E-state index contributed by atoms with van der Waals surface area (Å²) in [7, 11) is -8.79. The number of para-hydroxylation sites is 1. The maximum atomic E-state index is 12.8. The van der Waals surface area contributed by atoms with Crippen LogP contribution in [0.1, 0.15) is 10.6 Å². The summed E-state index contributed by atoms with van der Waals surface area (Å²) in [6, 6.07) is 7.52. The number of hydrazone groups is 1. The Kier molecular flexibility index (Phi) is 6.68. The number of thiazole rings is 1. The van der Waals surface area contributed by atoms with Crippen LogP contribution >= 0.6 is 11.3 Å². The average Bonchev–Trinajstić information content (AvgIpc) is 3.17. The normalized spacial score (nSPS) is 12.8. The Hall–Kier alpha value is -3.15. The van der Waals surface area contributed by atoms with E-state index in [1.54, 1.807) is 18.2 Å². The first-order chi connectivity index (χ1) is 15.4. The molecule has 12 N–H and O–H groups in total. The number of sulfone groups is 1. The molecule has 1 heterocycles. The number of hydrazine groups is 1. The van der Waals surface area contributed by atoms with Gasteiger partial charge in [0.25, 0.3) is 0 Å². The molecule has 16 heteroatoms. The summed E-state index contributed by atoms with van der Waals surface area (Å²) in [6.45, 7) is -0.247. The van der Waals surface area contributed by atoms with Gasteiger partial charge in [-0.15, -0.1) is 16.4 Å². The Morgan fingerprint density at radius 3 is 2.39 bits per heavy atom. The topological polar surface area (TPSA) is 260 Å². The van der Waals surface area contributed by atoms with E-state index in [0.29, 0.717) is 15.8 Å². The Bertz CT molecular complexity index is 1500. The third kappa shape index (κ3) is 4.65. The Morgan fingerprint density at radius 2 is 1.82 bits per heavy atom. The first-order valence-corrected chi connectivity index (χ1v) is 13.1. The van der Waals surface area contributed by atoms with Gasteiger partial charge in [-0.1, -0.05) is 18.2 Å². The number of primary sulfonamides is 1. The number of hydrogen-bond donors (Lipinski definition) is 7. The van der Waals surface area contributed by atoms with Crippen molar-refractivity contribution >= 4 is 53.1 Å². The molecule has 3 rings (SSSR count). The van der Waals surface area contributed by atoms with Gasteiger partial charge >= 0.3 is 0 Å². The van der Waals surface area contributed by atoms with Crippen molar-refractivity contribution in [2.75, 3.05) is 12.3 Å². The molecule has 1 aromatic heterocycles. The van der Waals surface area contributed by atoms with Crippen LogP contribution in [0, 0.1) is 5.41 Å². The van der Waals surface area contributed by atoms with Crippen LogP contribution in [0.15, 0.2) is 45.2 Å². The number of nitrogen functional groups attached to an aromatic ring is 1. The molecule has 33 heavy (non-hydrogen) atoms. The van der Waals surface area contributed by atoms with E-state index in [4.69, 9.17) is 33.6 Å². The van der Waals surface area contributed by atoms with Gasteiger partial charge in [0.15, 0.2) is 26.5 Å². The van der Waals surface area contributed by atoms with Crippen LogP contribution in [0.3, 0.4) is 0 Å². The number of rotatable bonds is 8. The van der Waals surface area contributed by atoms with E-state index < -0.39 is 41.2 Å². The molecular weight excluding hydrogens is 490 g/mol. The fraction of sp³-hybridized carbons (Fsp3) is 0.118. The third-order valence-corrected chi connectivity index (χ3v) is 8.47. The number of amidine groups is 2. The minimum atomic E-state index is -4.64. The molecule has 0 atom stereocenters. The fourth-order valence-electron chi connectivity index (χ4n) is 3.24. The van der Waals surface area contributed by atoms with E-state index in [-0.39, 0.29) is 28.5 Å². The lowest BCUT2D eigenvalue weighted by atomic mass is 9.98. The van der Waals surface area contributed by atoms with Gasteiger partial charge in [-0.3, -0.25) is 5.41 Å². The molecule has 0 aliphatic carbocycles. The maximum absolute atomic E-state index is 12.8. The first-order valence-electron chi connectivity index (χ1n) is 9.08. The standard InChI is InChI=1S/C17H21N9O4S3/c18-6-7-32(27,28)11-5-4-8(12(16(21)25-26-22)14(11)33(23,29)30)9-2-1-3-10-13(9)24-17(31-10)15(19)20/h1-5,26H,6-7,18,22H2,(H3,19,20)(H2,21,25)(H2,23,29,30). The highest BCUT2D eigenvalue weighted by molar-refractivity contribution is 7.93. The molecule has 176 valence electrons. The minimum absolute atomic E-state index is 0.174. The molecule has 0 saturated carbocycles. The van der Waals surface area contributed by atoms with Crippen LogP contribution in [-0.2, 0) is 19.9 Å². The van der Waals surface area contributed by atoms with E-state index in [2.05, 4.69) is 10.1 Å². The van der Waals surface area contributed by atoms with Gasteiger partial charge in [0.2, 0.25) is 10.0 Å². The lowest BCUT2D eigenvalue weighted by Gasteiger charge is -2.18. The minimum Gasteiger partial charge on any atom is -0.382 e. The largest absolute Gasteiger partial charge is 0.382 e. The average molecular weight is 512 g/mol. The molecular formula is C17H21N9O4S3. The number of aromatic nitrogens is 1. The Balaban J connectivity index is 2.53. The second kappa shape index (κ2) is 9.00. The van der Waals surface area contributed by atoms with Crippen LogP contribution in [0.25, 0.3) is 21.3 Å². The molecule has 0 saturated heterocycles. The SMILES string of the molecule is N=C(N)c1nc2c(-c3ccc(S(=O)(=O)CCN)c(S(N)(=O)=O)c3/C(N)=N/NN)cccc2s1. The number of benzene rings is 2. The van der Waals surface area contributed by atoms with Crippen molar-refractivity contribution in [3.63, 3.8) is 0 Å². The van der Waals surface area contributed by atoms with Crippen molar-refractivity contribution in [3.05, 3.63) is 40.9 Å². The molecule has 0 unspecified atom stereocenters. The number of fused-ring (bicyclic) bond motifs is 1. The van der Waals surface area contributed by atoms with Crippen molar-refractivity contribution in [1.82, 2.24) is 10.5 Å². The molecule has 2 aromatic carbocycles. The highest BCUT2D eigenvalue weighted by Crippen LogP contribution is 2.37. The van der Waals surface area contributed by atoms with E-state index in [9.17, 15) is 16.8 Å². The summed E-state index contributed by atoms with van der Waals surface area (Å²) < 4.78 is 51.5. The molecule has 0 amide bonds. The van der Waals surface area contributed by atoms with E-state index in [1.165, 1.54) is 6.07 Å². The van der Waals surface area contributed by atoms with Gasteiger partial charge in [-0.25, -0.2) is 38.3 Å². The molecule has 13 nitrogen and oxygen atoms in total. The van der Waals surface area contributed by atoms with E-state index in [0.717, 1.165) is 17.4 Å². The molecule has 0 fully saturated rings. The van der Waals surface area contributed by atoms with E-state index >= 15 is 0 Å². The molecule has 3 aromatic rings. The monoisotopic (exact) mass is 511 g/mol. The molecule has 0 spiro atoms. The molecule has 0 bridgehead atoms. The van der Waals surface area contributed by atoms with Gasteiger partial charge < -0.3 is 17.2 Å². The van der Waals surface area contributed by atoms with Gasteiger partial charge in [-0.2, -0.15) is 0 Å². The predicted molar refractivity (Wildman–Crippen MR) is 127 cm³/mol. The van der Waals surface area contributed by atoms with Gasteiger partial charge in [0.1, 0.15) is 4.90 Å². The summed E-state index contributed by atoms with van der Waals surface area (Å²) in [5.41, 5.74) is 19.6. The van der Waals surface area contributed by atoms with Crippen molar-refractivity contribution < 1.29 is 16.8 Å². The van der Waals surface area contributed by atoms with Crippen LogP contribution in [0.2, 0.25) is 0 Å². The van der Waals surface area contributed by atoms with Crippen LogP contribution < -0.4 is 33.7 Å². The number of nitrogens with one attached hydrogen (secondary N) is 2. The molecule has 0 aliphatic rings. The van der Waals surface area contributed by atoms with Crippen LogP contribution in [0.5, 0.6) is 0 Å². The number of nitrogens with zero attached hydrogens (tertiary/aromatic N) is 2. The molecule has 0 aliphatic heterocycles. The smallest absolute Gasteiger partial charge is 0.240 e. The number of sulfonamides is 1. The number of nitrogens with two attached hydrogens (primary N) is 5. The highest BCUT2D eigenvalue weighted by Gasteiger charge is 2.31. The van der Waals surface area contributed by atoms with Crippen LogP contribution in [0.4, 0.5) is 0 Å². The third-order valence-electron chi connectivity index (χ3n) is 4.51. The summed E-state index contributed by atoms with van der Waals surface area (Å²) in [4.78, 5) is 3.04. The Morgan fingerprint density at radius 1 is 1.12 bits per heavy atom. The summed E-state index contributed by atoms with van der Waals surface area (Å²) in [6.07, 6.45) is 0. The van der Waals surface area contributed by atoms with Crippen molar-refractivity contribution in [2.45, 2.75) is 9.79 Å². The lowest BCUT2D eigenvalue weighted by molar-refractivity contribution is 0.583. The quantitative estimate of drug-likeness (QED) is 0.0814. The van der Waals surface area contributed by atoms with Gasteiger partial charge in [0, 0.05) is 17.7 Å². The van der Waals surface area contributed by atoms with Crippen LogP contribution in [-0.4, -0.2) is 45.8 Å². The predicted octanol–water partition coefficient (Wildman–Crippen LogP) is -1.29. The van der Waals surface area contributed by atoms with Crippen molar-refractivity contribution in [1.29, 1.82) is 5.41 Å². The lowest BCUT2D eigenvalue weighted by Crippen LogP contribution is -2.29. The Labute approximate surface area is 193 Å². The number of hydrogen-bond acceptors (Lipinski definition) is 11. The zero-order valence-electron chi connectivity index (χ0n) is 16.9. The fourth-order valence-corrected chi connectivity index (χ4v) is 6.86. The summed E-state index contributed by atoms with van der Waals surface area (Å²) in [5, 5.41) is 17.0. The van der Waals surface area contributed by atoms with Crippen molar-refractivity contribution in [2.24, 2.45) is 33.3 Å². The zero-order valence-corrected chi connectivity index (χ0v) is 19.4. The second-order valence-electron chi connectivity index (χ2n) is 6.68. The van der Waals surface area contributed by atoms with Gasteiger partial charge in [-0.05, 0) is 17.7 Å². The van der Waals surface area contributed by atoms with Crippen molar-refractivity contribution in [3.8, 4) is 11.1 Å².